The average molecular weight is 301 g/mol. The zero-order valence-corrected chi connectivity index (χ0v) is 15.9. The first-order chi connectivity index (χ1) is 9.45. The predicted molar refractivity (Wildman–Crippen MR) is 94.8 cm³/mol. The van der Waals surface area contributed by atoms with E-state index < -0.39 is 8.32 Å². The lowest BCUT2D eigenvalue weighted by atomic mass is 10.1. The third-order valence-electron chi connectivity index (χ3n) is 4.93. The maximum atomic E-state index is 10.8. The monoisotopic (exact) mass is 300 g/mol. The van der Waals surface area contributed by atoms with Crippen molar-refractivity contribution in [3.8, 4) is 0 Å². The Morgan fingerprint density at radius 3 is 1.35 bits per heavy atom. The summed E-state index contributed by atoms with van der Waals surface area (Å²) in [5, 5.41) is 0. The summed E-state index contributed by atoms with van der Waals surface area (Å²) in [5.41, 5.74) is 1.00. The van der Waals surface area contributed by atoms with Crippen LogP contribution < -0.4 is 0 Å². The minimum absolute atomic E-state index is 0.501. The Labute approximate surface area is 129 Å². The molecule has 0 aliphatic rings. The third kappa shape index (κ3) is 8.46. The largest absolute Gasteiger partial charge is 0.431 e. The van der Waals surface area contributed by atoms with Crippen LogP contribution >= 0.6 is 0 Å². The lowest BCUT2D eigenvalue weighted by molar-refractivity contribution is 0.480. The molecular weight excluding hydrogens is 260 g/mol. The highest BCUT2D eigenvalue weighted by molar-refractivity contribution is 6.75. The van der Waals surface area contributed by atoms with Crippen LogP contribution in [0.15, 0.2) is 0 Å². The van der Waals surface area contributed by atoms with Gasteiger partial charge in [0, 0.05) is 0 Å². The van der Waals surface area contributed by atoms with Crippen molar-refractivity contribution in [3.05, 3.63) is 0 Å². The minimum Gasteiger partial charge on any atom is -0.431 e. The maximum Gasteiger partial charge on any atom is 0.193 e. The molecule has 0 amide bonds. The van der Waals surface area contributed by atoms with E-state index in [1.54, 1.807) is 0 Å². The Kier molecular flexibility index (Phi) is 11.9. The quantitative estimate of drug-likeness (QED) is 0.297. The van der Waals surface area contributed by atoms with Crippen LogP contribution in [0.3, 0.4) is 0 Å². The average Bonchev–Trinajstić information content (AvgIpc) is 2.40. The molecule has 0 saturated carbocycles. The standard InChI is InChI=1S/C18H40OSi/c1-6-7-8-9-10-11-12-13-14-15-16-20(19,17(2)3)18(4)5/h17-19H,6-16H2,1-5H3. The number of hydrogen-bond donors (Lipinski definition) is 1. The van der Waals surface area contributed by atoms with E-state index >= 15 is 0 Å². The van der Waals surface area contributed by atoms with Gasteiger partial charge in [-0.2, -0.15) is 0 Å². The summed E-state index contributed by atoms with van der Waals surface area (Å²) in [6, 6.07) is 1.11. The highest BCUT2D eigenvalue weighted by Crippen LogP contribution is 2.34. The van der Waals surface area contributed by atoms with Crippen LogP contribution in [0.5, 0.6) is 0 Å². The zero-order valence-electron chi connectivity index (χ0n) is 14.9. The van der Waals surface area contributed by atoms with E-state index in [-0.39, 0.29) is 0 Å². The first kappa shape index (κ1) is 20.2. The van der Waals surface area contributed by atoms with Crippen molar-refractivity contribution in [2.75, 3.05) is 0 Å². The van der Waals surface area contributed by atoms with Crippen molar-refractivity contribution in [2.45, 2.75) is 116 Å². The molecule has 0 unspecified atom stereocenters. The molecule has 0 aromatic rings. The second-order valence-electron chi connectivity index (χ2n) is 7.23. The van der Waals surface area contributed by atoms with Crippen LogP contribution in [0.25, 0.3) is 0 Å². The van der Waals surface area contributed by atoms with Crippen molar-refractivity contribution in [2.24, 2.45) is 0 Å². The Morgan fingerprint density at radius 1 is 0.650 bits per heavy atom. The van der Waals surface area contributed by atoms with Crippen molar-refractivity contribution < 1.29 is 4.80 Å². The zero-order chi connectivity index (χ0) is 15.4. The van der Waals surface area contributed by atoms with Crippen molar-refractivity contribution >= 4 is 8.32 Å². The van der Waals surface area contributed by atoms with Gasteiger partial charge in [0.15, 0.2) is 8.32 Å². The van der Waals surface area contributed by atoms with E-state index in [4.69, 9.17) is 0 Å². The van der Waals surface area contributed by atoms with Gasteiger partial charge in [0.25, 0.3) is 0 Å². The number of rotatable bonds is 13. The molecule has 20 heavy (non-hydrogen) atoms. The lowest BCUT2D eigenvalue weighted by Crippen LogP contribution is -2.41. The summed E-state index contributed by atoms with van der Waals surface area (Å²) in [4.78, 5) is 10.8. The van der Waals surface area contributed by atoms with E-state index in [0.29, 0.717) is 11.1 Å². The summed E-state index contributed by atoms with van der Waals surface area (Å²) in [7, 11) is -1.99. The molecule has 1 nitrogen and oxygen atoms in total. The first-order valence-corrected chi connectivity index (χ1v) is 11.5. The van der Waals surface area contributed by atoms with Gasteiger partial charge in [0.05, 0.1) is 0 Å². The Bertz CT molecular complexity index is 205. The van der Waals surface area contributed by atoms with Crippen LogP contribution in [0.1, 0.15) is 98.8 Å². The van der Waals surface area contributed by atoms with Gasteiger partial charge in [-0.1, -0.05) is 98.8 Å². The van der Waals surface area contributed by atoms with Crippen LogP contribution in [0, 0.1) is 0 Å². The smallest absolute Gasteiger partial charge is 0.193 e. The van der Waals surface area contributed by atoms with Gasteiger partial charge in [-0.25, -0.2) is 0 Å². The molecule has 0 radical (unpaired) electrons. The van der Waals surface area contributed by atoms with Gasteiger partial charge in [0.1, 0.15) is 0 Å². The van der Waals surface area contributed by atoms with E-state index in [9.17, 15) is 4.80 Å². The highest BCUT2D eigenvalue weighted by Gasteiger charge is 2.37. The van der Waals surface area contributed by atoms with Gasteiger partial charge in [-0.3, -0.25) is 0 Å². The molecule has 0 rings (SSSR count). The Balaban J connectivity index is 3.51. The van der Waals surface area contributed by atoms with Gasteiger partial charge >= 0.3 is 0 Å². The minimum atomic E-state index is -1.99. The van der Waals surface area contributed by atoms with Gasteiger partial charge in [-0.05, 0) is 17.1 Å². The van der Waals surface area contributed by atoms with Gasteiger partial charge in [0.2, 0.25) is 0 Å². The van der Waals surface area contributed by atoms with Gasteiger partial charge in [-0.15, -0.1) is 0 Å². The Morgan fingerprint density at radius 2 is 1.00 bits per heavy atom. The van der Waals surface area contributed by atoms with E-state index in [0.717, 1.165) is 6.04 Å². The molecule has 0 aliphatic carbocycles. The van der Waals surface area contributed by atoms with Crippen molar-refractivity contribution in [1.82, 2.24) is 0 Å². The molecular formula is C18H40OSi. The molecule has 0 spiro atoms. The Hall–Kier alpha value is 0.177. The topological polar surface area (TPSA) is 20.2 Å². The molecule has 0 aliphatic heterocycles. The normalized spacial score (nSPS) is 12.6. The fraction of sp³-hybridized carbons (Fsp3) is 1.00. The summed E-state index contributed by atoms with van der Waals surface area (Å²) in [5.74, 6) is 0. The lowest BCUT2D eigenvalue weighted by Gasteiger charge is -2.33. The molecule has 0 atom stereocenters. The highest BCUT2D eigenvalue weighted by atomic mass is 28.4. The van der Waals surface area contributed by atoms with Crippen LogP contribution in [-0.4, -0.2) is 13.1 Å². The molecule has 1 N–H and O–H groups in total. The number of unbranched alkanes of at least 4 members (excludes halogenated alkanes) is 9. The molecule has 0 saturated heterocycles. The SMILES string of the molecule is CCCCCCCCCCCC[Si](O)(C(C)C)C(C)C. The van der Waals surface area contributed by atoms with Crippen LogP contribution in [0.2, 0.25) is 17.1 Å². The molecule has 0 fully saturated rings. The maximum absolute atomic E-state index is 10.8. The summed E-state index contributed by atoms with van der Waals surface area (Å²) in [6.45, 7) is 11.1. The fourth-order valence-corrected chi connectivity index (χ4v) is 6.44. The molecule has 0 aromatic carbocycles. The third-order valence-corrected chi connectivity index (χ3v) is 10.1. The van der Waals surface area contributed by atoms with Crippen LogP contribution in [0.4, 0.5) is 0 Å². The fourth-order valence-electron chi connectivity index (χ4n) is 3.14. The summed E-state index contributed by atoms with van der Waals surface area (Å²) < 4.78 is 0. The molecule has 122 valence electrons. The van der Waals surface area contributed by atoms with Gasteiger partial charge < -0.3 is 4.80 Å². The second-order valence-corrected chi connectivity index (χ2v) is 12.0. The summed E-state index contributed by atoms with van der Waals surface area (Å²) >= 11 is 0. The second kappa shape index (κ2) is 11.8. The first-order valence-electron chi connectivity index (χ1n) is 9.17. The predicted octanol–water partition coefficient (Wildman–Crippen LogP) is 6.67. The molecule has 0 aromatic heterocycles. The van der Waals surface area contributed by atoms with E-state index in [2.05, 4.69) is 34.6 Å². The van der Waals surface area contributed by atoms with E-state index in [1.807, 2.05) is 0 Å². The van der Waals surface area contributed by atoms with Crippen molar-refractivity contribution in [3.63, 3.8) is 0 Å². The van der Waals surface area contributed by atoms with Crippen LogP contribution in [-0.2, 0) is 0 Å². The molecule has 2 heteroatoms. The summed E-state index contributed by atoms with van der Waals surface area (Å²) in [6.07, 6.45) is 13.8. The van der Waals surface area contributed by atoms with Crippen molar-refractivity contribution in [1.29, 1.82) is 0 Å². The number of hydrogen-bond acceptors (Lipinski definition) is 1. The molecule has 0 bridgehead atoms. The molecule has 0 heterocycles. The van der Waals surface area contributed by atoms with E-state index in [1.165, 1.54) is 64.2 Å².